The van der Waals surface area contributed by atoms with Crippen molar-refractivity contribution in [2.75, 3.05) is 25.4 Å². The van der Waals surface area contributed by atoms with E-state index >= 15 is 0 Å². The predicted molar refractivity (Wildman–Crippen MR) is 75.0 cm³/mol. The number of fused-ring (bicyclic) bond motifs is 1. The van der Waals surface area contributed by atoms with E-state index in [1.807, 2.05) is 18.0 Å². The standard InChI is InChI=1S/C13H14Cl2N2O2/c1-17(6-5-14)10(7-15)8-3-2-4-9-11(8)13(19)16-12(9)18/h2-4,10H,5-7H2,1H3,(H,16,18,19). The number of rotatable bonds is 5. The van der Waals surface area contributed by atoms with Crippen LogP contribution in [0, 0.1) is 0 Å². The van der Waals surface area contributed by atoms with Gasteiger partial charge in [-0.15, -0.1) is 23.2 Å². The summed E-state index contributed by atoms with van der Waals surface area (Å²) in [5.74, 6) is 0.0928. The fourth-order valence-corrected chi connectivity index (χ4v) is 2.92. The molecule has 0 aromatic heterocycles. The van der Waals surface area contributed by atoms with Gasteiger partial charge in [0.2, 0.25) is 0 Å². The Morgan fingerprint density at radius 1 is 1.26 bits per heavy atom. The third-order valence-electron chi connectivity index (χ3n) is 3.27. The summed E-state index contributed by atoms with van der Waals surface area (Å²) in [5.41, 5.74) is 1.61. The van der Waals surface area contributed by atoms with E-state index in [-0.39, 0.29) is 17.9 Å². The van der Waals surface area contributed by atoms with Gasteiger partial charge in [-0.3, -0.25) is 19.8 Å². The summed E-state index contributed by atoms with van der Waals surface area (Å²) in [7, 11) is 1.89. The molecule has 1 aromatic carbocycles. The fraction of sp³-hybridized carbons (Fsp3) is 0.385. The normalized spacial score (nSPS) is 15.6. The van der Waals surface area contributed by atoms with E-state index in [1.54, 1.807) is 12.1 Å². The average Bonchev–Trinajstić information content (AvgIpc) is 2.67. The molecule has 0 radical (unpaired) electrons. The van der Waals surface area contributed by atoms with Crippen molar-refractivity contribution in [3.63, 3.8) is 0 Å². The highest BCUT2D eigenvalue weighted by atomic mass is 35.5. The first kappa shape index (κ1) is 14.3. The van der Waals surface area contributed by atoms with Gasteiger partial charge < -0.3 is 0 Å². The SMILES string of the molecule is CN(CCCl)C(CCl)c1cccc2c1C(=O)NC2=O. The van der Waals surface area contributed by atoms with E-state index in [1.165, 1.54) is 0 Å². The zero-order valence-corrected chi connectivity index (χ0v) is 12.0. The molecule has 2 rings (SSSR count). The Labute approximate surface area is 121 Å². The van der Waals surface area contributed by atoms with E-state index in [0.717, 1.165) is 5.56 Å². The minimum atomic E-state index is -0.356. The Bertz CT molecular complexity index is 519. The van der Waals surface area contributed by atoms with Crippen molar-refractivity contribution in [2.24, 2.45) is 0 Å². The molecule has 1 atom stereocenters. The first-order valence-electron chi connectivity index (χ1n) is 5.91. The highest BCUT2D eigenvalue weighted by Crippen LogP contribution is 2.29. The molecule has 0 aliphatic carbocycles. The largest absolute Gasteiger partial charge is 0.297 e. The molecule has 1 aromatic rings. The number of carbonyl (C=O) groups is 2. The van der Waals surface area contributed by atoms with Crippen LogP contribution in [-0.4, -0.2) is 42.1 Å². The summed E-state index contributed by atoms with van der Waals surface area (Å²) < 4.78 is 0. The molecule has 1 aliphatic rings. The number of hydrogen-bond donors (Lipinski definition) is 1. The van der Waals surface area contributed by atoms with Gasteiger partial charge in [0, 0.05) is 24.3 Å². The second-order valence-electron chi connectivity index (χ2n) is 4.39. The predicted octanol–water partition coefficient (Wildman–Crippen LogP) is 2.02. The Hall–Kier alpha value is -1.10. The van der Waals surface area contributed by atoms with Crippen LogP contribution in [-0.2, 0) is 0 Å². The van der Waals surface area contributed by atoms with Gasteiger partial charge in [0.25, 0.3) is 11.8 Å². The monoisotopic (exact) mass is 300 g/mol. The van der Waals surface area contributed by atoms with E-state index in [9.17, 15) is 9.59 Å². The molecule has 1 unspecified atom stereocenters. The number of alkyl halides is 2. The second kappa shape index (κ2) is 5.90. The smallest absolute Gasteiger partial charge is 0.259 e. The van der Waals surface area contributed by atoms with Crippen LogP contribution in [0.25, 0.3) is 0 Å². The molecule has 0 saturated heterocycles. The molecular weight excluding hydrogens is 287 g/mol. The van der Waals surface area contributed by atoms with Crippen LogP contribution in [0.4, 0.5) is 0 Å². The number of imide groups is 1. The van der Waals surface area contributed by atoms with Crippen LogP contribution in [0.5, 0.6) is 0 Å². The molecule has 0 bridgehead atoms. The van der Waals surface area contributed by atoms with Gasteiger partial charge in [-0.25, -0.2) is 0 Å². The molecule has 6 heteroatoms. The van der Waals surface area contributed by atoms with Crippen LogP contribution in [0.2, 0.25) is 0 Å². The van der Waals surface area contributed by atoms with Crippen molar-refractivity contribution in [3.05, 3.63) is 34.9 Å². The average molecular weight is 301 g/mol. The maximum atomic E-state index is 11.9. The lowest BCUT2D eigenvalue weighted by atomic mass is 9.97. The maximum Gasteiger partial charge on any atom is 0.259 e. The molecule has 0 fully saturated rings. The lowest BCUT2D eigenvalue weighted by Crippen LogP contribution is -2.29. The van der Waals surface area contributed by atoms with E-state index in [4.69, 9.17) is 23.2 Å². The van der Waals surface area contributed by atoms with Crippen molar-refractivity contribution < 1.29 is 9.59 Å². The Morgan fingerprint density at radius 2 is 2.00 bits per heavy atom. The Morgan fingerprint density at radius 3 is 2.63 bits per heavy atom. The number of halogens is 2. The van der Waals surface area contributed by atoms with Crippen LogP contribution in [0.3, 0.4) is 0 Å². The Kier molecular flexibility index (Phi) is 4.45. The number of nitrogens with zero attached hydrogens (tertiary/aromatic N) is 1. The molecule has 19 heavy (non-hydrogen) atoms. The minimum absolute atomic E-state index is 0.146. The second-order valence-corrected chi connectivity index (χ2v) is 5.08. The van der Waals surface area contributed by atoms with Gasteiger partial charge in [-0.1, -0.05) is 12.1 Å². The van der Waals surface area contributed by atoms with Gasteiger partial charge in [0.05, 0.1) is 11.1 Å². The summed E-state index contributed by atoms with van der Waals surface area (Å²) in [5, 5.41) is 2.31. The van der Waals surface area contributed by atoms with Crippen molar-refractivity contribution in [1.29, 1.82) is 0 Å². The summed E-state index contributed by atoms with van der Waals surface area (Å²) in [6.45, 7) is 0.651. The quantitative estimate of drug-likeness (QED) is 0.668. The first-order valence-corrected chi connectivity index (χ1v) is 6.97. The maximum absolute atomic E-state index is 11.9. The van der Waals surface area contributed by atoms with E-state index in [0.29, 0.717) is 29.4 Å². The minimum Gasteiger partial charge on any atom is -0.297 e. The molecule has 1 N–H and O–H groups in total. The van der Waals surface area contributed by atoms with Gasteiger partial charge in [-0.2, -0.15) is 0 Å². The van der Waals surface area contributed by atoms with Gasteiger partial charge >= 0.3 is 0 Å². The number of amides is 2. The third kappa shape index (κ3) is 2.61. The van der Waals surface area contributed by atoms with Gasteiger partial charge in [0.15, 0.2) is 0 Å². The number of nitrogens with one attached hydrogen (secondary N) is 1. The highest BCUT2D eigenvalue weighted by molar-refractivity contribution is 6.22. The molecule has 102 valence electrons. The van der Waals surface area contributed by atoms with Crippen LogP contribution in [0.15, 0.2) is 18.2 Å². The zero-order chi connectivity index (χ0) is 14.0. The van der Waals surface area contributed by atoms with E-state index < -0.39 is 0 Å². The van der Waals surface area contributed by atoms with Crippen LogP contribution >= 0.6 is 23.2 Å². The van der Waals surface area contributed by atoms with Gasteiger partial charge in [-0.05, 0) is 18.7 Å². The fourth-order valence-electron chi connectivity index (χ4n) is 2.25. The molecule has 1 aliphatic heterocycles. The number of carbonyl (C=O) groups excluding carboxylic acids is 2. The summed E-state index contributed by atoms with van der Waals surface area (Å²) in [6, 6.07) is 5.09. The molecule has 1 heterocycles. The summed E-state index contributed by atoms with van der Waals surface area (Å²) in [6.07, 6.45) is 0. The summed E-state index contributed by atoms with van der Waals surface area (Å²) in [4.78, 5) is 25.5. The highest BCUT2D eigenvalue weighted by Gasteiger charge is 2.32. The van der Waals surface area contributed by atoms with Crippen LogP contribution < -0.4 is 5.32 Å². The molecule has 2 amide bonds. The Balaban J connectivity index is 2.45. The van der Waals surface area contributed by atoms with Crippen LogP contribution in [0.1, 0.15) is 32.3 Å². The van der Waals surface area contributed by atoms with E-state index in [2.05, 4.69) is 5.32 Å². The topological polar surface area (TPSA) is 49.4 Å². The lowest BCUT2D eigenvalue weighted by molar-refractivity contribution is 0.0879. The van der Waals surface area contributed by atoms with Crippen molar-refractivity contribution in [3.8, 4) is 0 Å². The summed E-state index contributed by atoms with van der Waals surface area (Å²) >= 11 is 11.8. The van der Waals surface area contributed by atoms with Crippen molar-refractivity contribution in [2.45, 2.75) is 6.04 Å². The zero-order valence-electron chi connectivity index (χ0n) is 10.5. The lowest BCUT2D eigenvalue weighted by Gasteiger charge is -2.27. The molecule has 0 saturated carbocycles. The molecule has 0 spiro atoms. The number of hydrogen-bond acceptors (Lipinski definition) is 3. The third-order valence-corrected chi connectivity index (χ3v) is 3.73. The van der Waals surface area contributed by atoms with Crippen molar-refractivity contribution >= 4 is 35.0 Å². The van der Waals surface area contributed by atoms with Crippen molar-refractivity contribution in [1.82, 2.24) is 10.2 Å². The molecular formula is C13H14Cl2N2O2. The van der Waals surface area contributed by atoms with Gasteiger partial charge in [0.1, 0.15) is 0 Å². The first-order chi connectivity index (χ1) is 9.10. The number of benzene rings is 1. The molecule has 4 nitrogen and oxygen atoms in total.